The summed E-state index contributed by atoms with van der Waals surface area (Å²) in [5, 5.41) is 5.73. The lowest BCUT2D eigenvalue weighted by Gasteiger charge is -2.30. The molecule has 0 unspecified atom stereocenters. The minimum atomic E-state index is -1.08. The van der Waals surface area contributed by atoms with Crippen LogP contribution in [0.3, 0.4) is 0 Å². The number of hydrogen-bond acceptors (Lipinski definition) is 3. The highest BCUT2D eigenvalue weighted by Crippen LogP contribution is 2.31. The average molecular weight is 374 g/mol. The molecule has 4 nitrogen and oxygen atoms in total. The molecule has 0 saturated heterocycles. The number of hydrogen-bond donors (Lipinski definition) is 2. The van der Waals surface area contributed by atoms with Crippen molar-refractivity contribution < 1.29 is 18.3 Å². The highest BCUT2D eigenvalue weighted by atomic mass is 32.1. The normalized spacial score (nSPS) is 16.7. The third-order valence-corrected chi connectivity index (χ3v) is 4.21. The van der Waals surface area contributed by atoms with Gasteiger partial charge in [-0.25, -0.2) is 13.6 Å². The summed E-state index contributed by atoms with van der Waals surface area (Å²) < 4.78 is 33.9. The molecule has 1 aliphatic heterocycles. The van der Waals surface area contributed by atoms with Gasteiger partial charge in [0.2, 0.25) is 0 Å². The van der Waals surface area contributed by atoms with Crippen molar-refractivity contribution in [1.29, 1.82) is 0 Å². The average Bonchev–Trinajstić information content (AvgIpc) is 2.60. The maximum Gasteiger partial charge on any atom is 0.338 e. The summed E-state index contributed by atoms with van der Waals surface area (Å²) in [7, 11) is 0. The molecule has 0 fully saturated rings. The van der Waals surface area contributed by atoms with E-state index in [1.165, 1.54) is 6.07 Å². The molecule has 2 aromatic rings. The van der Waals surface area contributed by atoms with Crippen LogP contribution in [0.1, 0.15) is 24.1 Å². The monoisotopic (exact) mass is 374 g/mol. The fraction of sp³-hybridized carbons (Fsp3) is 0.158. The first kappa shape index (κ1) is 18.0. The summed E-state index contributed by atoms with van der Waals surface area (Å²) in [4.78, 5) is 12.6. The zero-order valence-electron chi connectivity index (χ0n) is 13.9. The van der Waals surface area contributed by atoms with Gasteiger partial charge in [0.15, 0.2) is 5.11 Å². The van der Waals surface area contributed by atoms with Gasteiger partial charge in [0.1, 0.15) is 18.2 Å². The molecule has 0 aromatic heterocycles. The predicted molar refractivity (Wildman–Crippen MR) is 96.9 cm³/mol. The van der Waals surface area contributed by atoms with E-state index >= 15 is 0 Å². The quantitative estimate of drug-likeness (QED) is 0.634. The first-order valence-electron chi connectivity index (χ1n) is 7.90. The van der Waals surface area contributed by atoms with E-state index in [0.717, 1.165) is 17.7 Å². The predicted octanol–water partition coefficient (Wildman–Crippen LogP) is 3.50. The van der Waals surface area contributed by atoms with Crippen LogP contribution in [0, 0.1) is 11.6 Å². The molecule has 2 aromatic carbocycles. The Labute approximate surface area is 154 Å². The van der Waals surface area contributed by atoms with E-state index in [2.05, 4.69) is 10.6 Å². The molecule has 1 heterocycles. The third-order valence-electron chi connectivity index (χ3n) is 3.99. The van der Waals surface area contributed by atoms with Crippen LogP contribution < -0.4 is 10.6 Å². The zero-order valence-corrected chi connectivity index (χ0v) is 14.7. The lowest BCUT2D eigenvalue weighted by Crippen LogP contribution is -2.45. The minimum Gasteiger partial charge on any atom is -0.457 e. The van der Waals surface area contributed by atoms with Gasteiger partial charge in [0.25, 0.3) is 0 Å². The van der Waals surface area contributed by atoms with Gasteiger partial charge < -0.3 is 15.4 Å². The smallest absolute Gasteiger partial charge is 0.338 e. The van der Waals surface area contributed by atoms with Crippen molar-refractivity contribution in [2.45, 2.75) is 19.6 Å². The van der Waals surface area contributed by atoms with E-state index in [1.807, 2.05) is 30.3 Å². The van der Waals surface area contributed by atoms with Crippen molar-refractivity contribution >= 4 is 23.3 Å². The van der Waals surface area contributed by atoms with Crippen LogP contribution in [-0.4, -0.2) is 11.1 Å². The summed E-state index contributed by atoms with van der Waals surface area (Å²) in [6.07, 6.45) is 0. The minimum absolute atomic E-state index is 0.0490. The summed E-state index contributed by atoms with van der Waals surface area (Å²) in [5.41, 5.74) is 1.00. The highest BCUT2D eigenvalue weighted by Gasteiger charge is 2.34. The Kier molecular flexibility index (Phi) is 5.27. The molecule has 0 radical (unpaired) electrons. The number of carbonyl (C=O) groups excluding carboxylic acids is 1. The molecule has 2 N–H and O–H groups in total. The number of carbonyl (C=O) groups is 1. The lowest BCUT2D eigenvalue weighted by molar-refractivity contribution is -0.140. The van der Waals surface area contributed by atoms with Crippen molar-refractivity contribution in [3.05, 3.63) is 82.6 Å². The molecule has 3 rings (SSSR count). The summed E-state index contributed by atoms with van der Waals surface area (Å²) in [6.45, 7) is 1.66. The number of halogens is 2. The van der Waals surface area contributed by atoms with Crippen molar-refractivity contribution in [2.75, 3.05) is 0 Å². The van der Waals surface area contributed by atoms with Crippen LogP contribution in [0.5, 0.6) is 0 Å². The number of rotatable bonds is 4. The zero-order chi connectivity index (χ0) is 18.7. The van der Waals surface area contributed by atoms with E-state index < -0.39 is 23.6 Å². The molecule has 1 aliphatic rings. The molecule has 0 saturated carbocycles. The van der Waals surface area contributed by atoms with Crippen LogP contribution in [-0.2, 0) is 16.1 Å². The topological polar surface area (TPSA) is 50.4 Å². The molecule has 7 heteroatoms. The fourth-order valence-electron chi connectivity index (χ4n) is 2.77. The molecule has 0 bridgehead atoms. The second-order valence-electron chi connectivity index (χ2n) is 5.77. The third kappa shape index (κ3) is 3.72. The van der Waals surface area contributed by atoms with Crippen LogP contribution in [0.2, 0.25) is 0 Å². The molecular formula is C19H16F2N2O2S. The maximum absolute atomic E-state index is 14.3. The van der Waals surface area contributed by atoms with E-state index in [-0.39, 0.29) is 22.9 Å². The Morgan fingerprint density at radius 3 is 2.42 bits per heavy atom. The standard InChI is InChI=1S/C19H16F2N2O2S/c1-11-15(18(24)25-10-12-6-3-2-4-7-12)17(23-19(26)22-11)16-13(20)8-5-9-14(16)21/h2-9,17H,10H2,1H3,(H2,22,23,26)/t17-/m1/s1. The van der Waals surface area contributed by atoms with E-state index in [1.54, 1.807) is 6.92 Å². The number of esters is 1. The Balaban J connectivity index is 1.92. The molecule has 0 aliphatic carbocycles. The SMILES string of the molecule is CC1=C(C(=O)OCc2ccccc2)[C@H](c2c(F)cccc2F)NC(=S)N1. The largest absolute Gasteiger partial charge is 0.457 e. The van der Waals surface area contributed by atoms with Gasteiger partial charge in [-0.2, -0.15) is 0 Å². The number of allylic oxidation sites excluding steroid dienone is 1. The van der Waals surface area contributed by atoms with E-state index in [0.29, 0.717) is 5.70 Å². The van der Waals surface area contributed by atoms with Gasteiger partial charge >= 0.3 is 5.97 Å². The second kappa shape index (κ2) is 7.61. The Morgan fingerprint density at radius 1 is 1.12 bits per heavy atom. The van der Waals surface area contributed by atoms with Gasteiger partial charge in [-0.1, -0.05) is 36.4 Å². The van der Waals surface area contributed by atoms with Crippen LogP contribution in [0.4, 0.5) is 8.78 Å². The first-order chi connectivity index (χ1) is 12.5. The number of ether oxygens (including phenoxy) is 1. The van der Waals surface area contributed by atoms with Gasteiger partial charge in [-0.15, -0.1) is 0 Å². The highest BCUT2D eigenvalue weighted by molar-refractivity contribution is 7.80. The van der Waals surface area contributed by atoms with Gasteiger partial charge in [-0.3, -0.25) is 0 Å². The van der Waals surface area contributed by atoms with Gasteiger partial charge in [-0.05, 0) is 36.8 Å². The van der Waals surface area contributed by atoms with Crippen molar-refractivity contribution in [1.82, 2.24) is 10.6 Å². The molecule has 0 spiro atoms. The molecule has 0 amide bonds. The van der Waals surface area contributed by atoms with E-state index in [4.69, 9.17) is 17.0 Å². The summed E-state index contributed by atoms with van der Waals surface area (Å²) in [6, 6.07) is 11.6. The van der Waals surface area contributed by atoms with Gasteiger partial charge in [0.05, 0.1) is 17.2 Å². The Morgan fingerprint density at radius 2 is 1.77 bits per heavy atom. The lowest BCUT2D eigenvalue weighted by atomic mass is 9.95. The first-order valence-corrected chi connectivity index (χ1v) is 8.31. The molecule has 134 valence electrons. The van der Waals surface area contributed by atoms with Crippen molar-refractivity contribution in [2.24, 2.45) is 0 Å². The Bertz CT molecular complexity index is 864. The van der Waals surface area contributed by atoms with E-state index in [9.17, 15) is 13.6 Å². The van der Waals surface area contributed by atoms with Crippen LogP contribution in [0.15, 0.2) is 59.8 Å². The van der Waals surface area contributed by atoms with Crippen LogP contribution in [0.25, 0.3) is 0 Å². The summed E-state index contributed by atoms with van der Waals surface area (Å²) >= 11 is 5.07. The van der Waals surface area contributed by atoms with Crippen molar-refractivity contribution in [3.8, 4) is 0 Å². The number of benzene rings is 2. The van der Waals surface area contributed by atoms with Crippen molar-refractivity contribution in [3.63, 3.8) is 0 Å². The number of nitrogens with one attached hydrogen (secondary N) is 2. The second-order valence-corrected chi connectivity index (χ2v) is 6.18. The molecule has 1 atom stereocenters. The summed E-state index contributed by atoms with van der Waals surface area (Å²) in [5.74, 6) is -2.22. The molecular weight excluding hydrogens is 358 g/mol. The number of thiocarbonyl (C=S) groups is 1. The Hall–Kier alpha value is -2.80. The maximum atomic E-state index is 14.3. The van der Waals surface area contributed by atoms with Gasteiger partial charge in [0, 0.05) is 5.70 Å². The van der Waals surface area contributed by atoms with Crippen LogP contribution >= 0.6 is 12.2 Å². The molecule has 26 heavy (non-hydrogen) atoms. The fourth-order valence-corrected chi connectivity index (χ4v) is 3.04.